The highest BCUT2D eigenvalue weighted by Gasteiger charge is 2.30. The molecule has 2 heterocycles. The molecule has 0 saturated heterocycles. The number of fused-ring (bicyclic) bond motifs is 1. The van der Waals surface area contributed by atoms with Crippen LogP contribution >= 0.6 is 0 Å². The largest absolute Gasteiger partial charge is 0.493 e. The molecule has 112 valence electrons. The minimum Gasteiger partial charge on any atom is -0.493 e. The summed E-state index contributed by atoms with van der Waals surface area (Å²) in [7, 11) is 0. The van der Waals surface area contributed by atoms with Crippen LogP contribution in [0.15, 0.2) is 30.5 Å². The summed E-state index contributed by atoms with van der Waals surface area (Å²) >= 11 is 0. The lowest BCUT2D eigenvalue weighted by molar-refractivity contribution is 0.427. The fourth-order valence-corrected chi connectivity index (χ4v) is 2.76. The van der Waals surface area contributed by atoms with Gasteiger partial charge in [0.15, 0.2) is 5.65 Å². The zero-order valence-electron chi connectivity index (χ0n) is 11.6. The number of hydrogen-bond donors (Lipinski definition) is 1. The molecule has 0 atom stereocenters. The number of halogens is 2. The van der Waals surface area contributed by atoms with Crippen molar-refractivity contribution in [1.82, 2.24) is 14.6 Å². The molecule has 6 heteroatoms. The van der Waals surface area contributed by atoms with E-state index in [1.54, 1.807) is 12.3 Å². The Morgan fingerprint density at radius 1 is 1.18 bits per heavy atom. The zero-order chi connectivity index (χ0) is 15.3. The van der Waals surface area contributed by atoms with Crippen molar-refractivity contribution in [1.29, 1.82) is 0 Å². The molecule has 0 spiro atoms. The van der Waals surface area contributed by atoms with E-state index in [0.29, 0.717) is 22.7 Å². The summed E-state index contributed by atoms with van der Waals surface area (Å²) in [6.45, 7) is 0. The first-order valence-electron chi connectivity index (χ1n) is 7.12. The van der Waals surface area contributed by atoms with Crippen LogP contribution in [0.2, 0.25) is 0 Å². The predicted octanol–water partition coefficient (Wildman–Crippen LogP) is 3.18. The maximum Gasteiger partial charge on any atom is 0.219 e. The van der Waals surface area contributed by atoms with Gasteiger partial charge in [-0.15, -0.1) is 0 Å². The molecule has 0 aliphatic heterocycles. The summed E-state index contributed by atoms with van der Waals surface area (Å²) in [6, 6.07) is 5.09. The van der Waals surface area contributed by atoms with Crippen LogP contribution in [0.25, 0.3) is 5.65 Å². The first-order chi connectivity index (χ1) is 10.6. The van der Waals surface area contributed by atoms with Crippen molar-refractivity contribution < 1.29 is 13.9 Å². The second kappa shape index (κ2) is 4.76. The lowest BCUT2D eigenvalue weighted by Gasteiger charge is -2.12. The Bertz CT molecular complexity index is 851. The van der Waals surface area contributed by atoms with Gasteiger partial charge in [0.05, 0.1) is 11.9 Å². The van der Waals surface area contributed by atoms with Crippen molar-refractivity contribution >= 4 is 5.65 Å². The Morgan fingerprint density at radius 2 is 1.91 bits per heavy atom. The van der Waals surface area contributed by atoms with Gasteiger partial charge in [-0.2, -0.15) is 9.61 Å². The minimum absolute atomic E-state index is 0.0124. The molecule has 4 nitrogen and oxygen atoms in total. The van der Waals surface area contributed by atoms with E-state index in [2.05, 4.69) is 10.1 Å². The van der Waals surface area contributed by atoms with Crippen molar-refractivity contribution in [2.24, 2.45) is 0 Å². The second-order valence-electron chi connectivity index (χ2n) is 5.63. The molecule has 1 aliphatic rings. The Labute approximate surface area is 125 Å². The van der Waals surface area contributed by atoms with E-state index in [-0.39, 0.29) is 12.3 Å². The third-order valence-corrected chi connectivity index (χ3v) is 3.90. The third-order valence-electron chi connectivity index (χ3n) is 3.90. The van der Waals surface area contributed by atoms with Gasteiger partial charge in [-0.05, 0) is 30.5 Å². The van der Waals surface area contributed by atoms with Crippen LogP contribution in [-0.4, -0.2) is 19.7 Å². The van der Waals surface area contributed by atoms with E-state index in [1.807, 2.05) is 0 Å². The van der Waals surface area contributed by atoms with Gasteiger partial charge in [-0.1, -0.05) is 0 Å². The van der Waals surface area contributed by atoms with Crippen LogP contribution in [0.1, 0.15) is 35.6 Å². The van der Waals surface area contributed by atoms with E-state index in [4.69, 9.17) is 0 Å². The molecular weight excluding hydrogens is 288 g/mol. The molecule has 4 rings (SSSR count). The molecule has 1 aliphatic carbocycles. The van der Waals surface area contributed by atoms with Gasteiger partial charge in [0.1, 0.15) is 11.6 Å². The summed E-state index contributed by atoms with van der Waals surface area (Å²) in [5.41, 5.74) is 2.43. The van der Waals surface area contributed by atoms with Crippen LogP contribution in [0.3, 0.4) is 0 Å². The van der Waals surface area contributed by atoms with E-state index in [9.17, 15) is 13.9 Å². The maximum atomic E-state index is 13.4. The summed E-state index contributed by atoms with van der Waals surface area (Å²) in [6.07, 6.45) is 3.81. The molecule has 2 aromatic heterocycles. The average molecular weight is 301 g/mol. The number of hydrogen-bond acceptors (Lipinski definition) is 3. The highest BCUT2D eigenvalue weighted by atomic mass is 19.1. The second-order valence-corrected chi connectivity index (χ2v) is 5.63. The summed E-state index contributed by atoms with van der Waals surface area (Å²) in [5.74, 6) is -0.966. The van der Waals surface area contributed by atoms with E-state index in [1.165, 1.54) is 16.6 Å². The minimum atomic E-state index is -0.629. The van der Waals surface area contributed by atoms with Crippen molar-refractivity contribution in [3.63, 3.8) is 0 Å². The summed E-state index contributed by atoms with van der Waals surface area (Å²) in [5, 5.41) is 14.5. The number of rotatable bonds is 3. The molecule has 1 fully saturated rings. The van der Waals surface area contributed by atoms with Gasteiger partial charge in [0.25, 0.3) is 0 Å². The lowest BCUT2D eigenvalue weighted by atomic mass is 10.0. The van der Waals surface area contributed by atoms with Crippen molar-refractivity contribution in [2.75, 3.05) is 0 Å². The smallest absolute Gasteiger partial charge is 0.219 e. The summed E-state index contributed by atoms with van der Waals surface area (Å²) in [4.78, 5) is 4.55. The first kappa shape index (κ1) is 13.2. The van der Waals surface area contributed by atoms with Crippen LogP contribution in [0.4, 0.5) is 8.78 Å². The van der Waals surface area contributed by atoms with Gasteiger partial charge in [-0.25, -0.2) is 13.8 Å². The number of aromatic hydroxyl groups is 1. The quantitative estimate of drug-likeness (QED) is 0.808. The van der Waals surface area contributed by atoms with Gasteiger partial charge in [0.2, 0.25) is 5.88 Å². The molecule has 1 saturated carbocycles. The van der Waals surface area contributed by atoms with Crippen molar-refractivity contribution in [3.05, 3.63) is 58.9 Å². The third kappa shape index (κ3) is 2.20. The molecule has 0 bridgehead atoms. The van der Waals surface area contributed by atoms with Crippen LogP contribution in [0.5, 0.6) is 5.88 Å². The molecule has 1 N–H and O–H groups in total. The van der Waals surface area contributed by atoms with E-state index in [0.717, 1.165) is 24.6 Å². The molecule has 0 amide bonds. The lowest BCUT2D eigenvalue weighted by Crippen LogP contribution is -2.05. The number of benzene rings is 1. The summed E-state index contributed by atoms with van der Waals surface area (Å²) < 4.78 is 28.1. The number of nitrogens with zero attached hydrogens (tertiary/aromatic N) is 3. The van der Waals surface area contributed by atoms with Crippen molar-refractivity contribution in [3.8, 4) is 5.88 Å². The van der Waals surface area contributed by atoms with Crippen LogP contribution in [-0.2, 0) is 6.42 Å². The monoisotopic (exact) mass is 301 g/mol. The van der Waals surface area contributed by atoms with Crippen molar-refractivity contribution in [2.45, 2.75) is 25.2 Å². The Balaban J connectivity index is 1.85. The molecule has 0 radical (unpaired) electrons. The Hall–Kier alpha value is -2.50. The van der Waals surface area contributed by atoms with Gasteiger partial charge < -0.3 is 5.11 Å². The molecule has 22 heavy (non-hydrogen) atoms. The highest BCUT2D eigenvalue weighted by Crippen LogP contribution is 2.43. The maximum absolute atomic E-state index is 13.4. The van der Waals surface area contributed by atoms with Gasteiger partial charge in [-0.3, -0.25) is 0 Å². The van der Waals surface area contributed by atoms with E-state index < -0.39 is 11.6 Å². The SMILES string of the molecule is Oc1c(Cc2cc(F)cc(F)c2)c(C2CC2)nc2ccnn12. The van der Waals surface area contributed by atoms with Crippen LogP contribution < -0.4 is 0 Å². The standard InChI is InChI=1S/C16H13F2N3O/c17-11-5-9(6-12(18)8-11)7-13-15(10-1-2-10)20-14-3-4-19-21(14)16(13)22/h3-6,8,10,22H,1-2,7H2. The topological polar surface area (TPSA) is 50.4 Å². The number of aromatic nitrogens is 3. The van der Waals surface area contributed by atoms with Gasteiger partial charge in [0, 0.05) is 30.0 Å². The fraction of sp³-hybridized carbons (Fsp3) is 0.250. The molecule has 1 aromatic carbocycles. The Morgan fingerprint density at radius 3 is 2.59 bits per heavy atom. The van der Waals surface area contributed by atoms with Gasteiger partial charge >= 0.3 is 0 Å². The Kier molecular flexibility index (Phi) is 2.85. The zero-order valence-corrected chi connectivity index (χ0v) is 11.6. The fourth-order valence-electron chi connectivity index (χ4n) is 2.76. The van der Waals surface area contributed by atoms with Crippen LogP contribution in [0, 0.1) is 11.6 Å². The normalized spacial score (nSPS) is 14.6. The predicted molar refractivity (Wildman–Crippen MR) is 75.8 cm³/mol. The first-order valence-corrected chi connectivity index (χ1v) is 7.12. The average Bonchev–Trinajstić information content (AvgIpc) is 3.19. The molecular formula is C16H13F2N3O. The molecule has 0 unspecified atom stereocenters. The molecule has 3 aromatic rings. The van der Waals surface area contributed by atoms with E-state index >= 15 is 0 Å². The highest BCUT2D eigenvalue weighted by molar-refractivity contribution is 5.48.